The number of alkyl halides is 2. The molecule has 0 fully saturated rings. The number of nitrogens with zero attached hydrogens (tertiary/aromatic N) is 4. The van der Waals surface area contributed by atoms with Gasteiger partial charge in [0.1, 0.15) is 5.82 Å². The van der Waals surface area contributed by atoms with E-state index < -0.39 is 12.5 Å². The first-order chi connectivity index (χ1) is 14.4. The van der Waals surface area contributed by atoms with E-state index in [1.807, 2.05) is 0 Å². The summed E-state index contributed by atoms with van der Waals surface area (Å²) in [4.78, 5) is 21.0. The fourth-order valence-electron chi connectivity index (χ4n) is 3.23. The van der Waals surface area contributed by atoms with Gasteiger partial charge in [-0.3, -0.25) is 9.36 Å². The number of amides is 1. The molecule has 0 spiro atoms. The number of hydrogen-bond acceptors (Lipinski definition) is 5. The number of imidazole rings is 1. The van der Waals surface area contributed by atoms with Gasteiger partial charge in [-0.2, -0.15) is 13.8 Å². The monoisotopic (exact) mass is 411 g/mol. The maximum absolute atomic E-state index is 13.6. The first-order valence-corrected chi connectivity index (χ1v) is 9.38. The van der Waals surface area contributed by atoms with Gasteiger partial charge in [-0.25, -0.2) is 4.98 Å². The Hall–Kier alpha value is -3.62. The third-order valence-electron chi connectivity index (χ3n) is 4.75. The molecule has 0 aliphatic heterocycles. The van der Waals surface area contributed by atoms with E-state index in [1.54, 1.807) is 62.4 Å². The molecule has 1 atom stereocenters. The summed E-state index contributed by atoms with van der Waals surface area (Å²) in [5.74, 6) is 0.411. The van der Waals surface area contributed by atoms with E-state index >= 15 is 0 Å². The van der Waals surface area contributed by atoms with Crippen LogP contribution in [0.3, 0.4) is 0 Å². The maximum atomic E-state index is 13.6. The van der Waals surface area contributed by atoms with Crippen molar-refractivity contribution in [3.63, 3.8) is 0 Å². The molecule has 0 unspecified atom stereocenters. The number of halogens is 2. The zero-order valence-corrected chi connectivity index (χ0v) is 16.3. The minimum atomic E-state index is -2.72. The zero-order chi connectivity index (χ0) is 21.3. The van der Waals surface area contributed by atoms with E-state index in [2.05, 4.69) is 20.4 Å². The number of rotatable bonds is 6. The van der Waals surface area contributed by atoms with Crippen LogP contribution in [0.15, 0.2) is 53.1 Å². The Morgan fingerprint density at radius 3 is 2.53 bits per heavy atom. The number of carbonyl (C=O) groups is 1. The minimum Gasteiger partial charge on any atom is -0.351 e. The maximum Gasteiger partial charge on any atom is 0.320 e. The lowest BCUT2D eigenvalue weighted by molar-refractivity contribution is 0.0704. The molecular formula is C21H19F2N5O2. The van der Waals surface area contributed by atoms with Crippen LogP contribution in [0.25, 0.3) is 22.5 Å². The zero-order valence-electron chi connectivity index (χ0n) is 16.3. The smallest absolute Gasteiger partial charge is 0.320 e. The molecule has 1 N–H and O–H groups in total. The second-order valence-electron chi connectivity index (χ2n) is 6.94. The highest BCUT2D eigenvalue weighted by molar-refractivity contribution is 5.94. The lowest BCUT2D eigenvalue weighted by Crippen LogP contribution is -2.28. The molecule has 1 amide bonds. The molecule has 0 aliphatic carbocycles. The van der Waals surface area contributed by atoms with Gasteiger partial charge in [0.05, 0.1) is 11.0 Å². The molecular weight excluding hydrogens is 392 g/mol. The summed E-state index contributed by atoms with van der Waals surface area (Å²) in [7, 11) is 0. The Labute approximate surface area is 170 Å². The second kappa shape index (κ2) is 8.02. The van der Waals surface area contributed by atoms with Crippen molar-refractivity contribution in [1.82, 2.24) is 25.0 Å². The van der Waals surface area contributed by atoms with Crippen LogP contribution in [-0.4, -0.2) is 32.1 Å². The fourth-order valence-corrected chi connectivity index (χ4v) is 3.23. The summed E-state index contributed by atoms with van der Waals surface area (Å²) in [6.45, 7) is 0.922. The van der Waals surface area contributed by atoms with Crippen molar-refractivity contribution in [3.05, 3.63) is 65.7 Å². The highest BCUT2D eigenvalue weighted by Gasteiger charge is 2.22. The number of fused-ring (bicyclic) bond motifs is 1. The Bertz CT molecular complexity index is 1180. The highest BCUT2D eigenvalue weighted by Crippen LogP contribution is 2.27. The van der Waals surface area contributed by atoms with Gasteiger partial charge in [0.25, 0.3) is 11.8 Å². The van der Waals surface area contributed by atoms with Crippen LogP contribution in [0.4, 0.5) is 8.78 Å². The van der Waals surface area contributed by atoms with E-state index in [0.29, 0.717) is 33.9 Å². The molecule has 0 aliphatic rings. The number of benzene rings is 2. The quantitative estimate of drug-likeness (QED) is 0.511. The molecule has 30 heavy (non-hydrogen) atoms. The predicted octanol–water partition coefficient (Wildman–Crippen LogP) is 4.32. The lowest BCUT2D eigenvalue weighted by Gasteiger charge is -2.15. The molecule has 2 aromatic heterocycles. The molecule has 0 saturated heterocycles. The van der Waals surface area contributed by atoms with Crippen LogP contribution in [0.2, 0.25) is 0 Å². The standard InChI is InChI=1S/C21H19F2N5O2/c1-12(18-26-16-5-3-4-6-17(16)28(18)21(22)23)11-24-19(29)14-7-9-15(10-8-14)20-25-13(2)27-30-20/h3-10,12,21H,11H2,1-2H3,(H,24,29)/t12-/m1/s1. The first-order valence-electron chi connectivity index (χ1n) is 9.38. The summed E-state index contributed by atoms with van der Waals surface area (Å²) in [5.41, 5.74) is 2.00. The van der Waals surface area contributed by atoms with Gasteiger partial charge in [0.2, 0.25) is 0 Å². The molecule has 154 valence electrons. The third-order valence-corrected chi connectivity index (χ3v) is 4.75. The third kappa shape index (κ3) is 3.78. The summed E-state index contributed by atoms with van der Waals surface area (Å²) >= 11 is 0. The molecule has 0 saturated carbocycles. The van der Waals surface area contributed by atoms with Gasteiger partial charge < -0.3 is 9.84 Å². The number of aromatic nitrogens is 4. The Balaban J connectivity index is 1.46. The second-order valence-corrected chi connectivity index (χ2v) is 6.94. The molecule has 0 radical (unpaired) electrons. The van der Waals surface area contributed by atoms with Gasteiger partial charge >= 0.3 is 6.55 Å². The van der Waals surface area contributed by atoms with Crippen LogP contribution < -0.4 is 5.32 Å². The van der Waals surface area contributed by atoms with E-state index in [0.717, 1.165) is 4.57 Å². The number of aryl methyl sites for hydroxylation is 1. The van der Waals surface area contributed by atoms with Crippen LogP contribution in [0, 0.1) is 6.92 Å². The summed E-state index contributed by atoms with van der Waals surface area (Å²) in [6.07, 6.45) is 0. The van der Waals surface area contributed by atoms with Crippen molar-refractivity contribution in [3.8, 4) is 11.5 Å². The van der Waals surface area contributed by atoms with E-state index in [-0.39, 0.29) is 18.3 Å². The largest absolute Gasteiger partial charge is 0.351 e. The molecule has 4 rings (SSSR count). The van der Waals surface area contributed by atoms with Crippen LogP contribution >= 0.6 is 0 Å². The summed E-state index contributed by atoms with van der Waals surface area (Å²) < 4.78 is 33.2. The van der Waals surface area contributed by atoms with Gasteiger partial charge in [-0.1, -0.05) is 24.2 Å². The van der Waals surface area contributed by atoms with Gasteiger partial charge in [-0.15, -0.1) is 0 Å². The van der Waals surface area contributed by atoms with Crippen molar-refractivity contribution in [2.45, 2.75) is 26.3 Å². The molecule has 0 bridgehead atoms. The van der Waals surface area contributed by atoms with Crippen molar-refractivity contribution in [2.24, 2.45) is 0 Å². The molecule has 9 heteroatoms. The average molecular weight is 411 g/mol. The van der Waals surface area contributed by atoms with E-state index in [9.17, 15) is 13.6 Å². The van der Waals surface area contributed by atoms with Crippen molar-refractivity contribution in [1.29, 1.82) is 0 Å². The van der Waals surface area contributed by atoms with Crippen molar-refractivity contribution in [2.75, 3.05) is 6.54 Å². The molecule has 4 aromatic rings. The van der Waals surface area contributed by atoms with Gasteiger partial charge in [0.15, 0.2) is 5.82 Å². The number of nitrogens with one attached hydrogen (secondary N) is 1. The Morgan fingerprint density at radius 2 is 1.87 bits per heavy atom. The SMILES string of the molecule is Cc1noc(-c2ccc(C(=O)NC[C@@H](C)c3nc4ccccc4n3C(F)F)cc2)n1. The predicted molar refractivity (Wildman–Crippen MR) is 106 cm³/mol. The number of carbonyl (C=O) groups excluding carboxylic acids is 1. The van der Waals surface area contributed by atoms with Crippen molar-refractivity contribution >= 4 is 16.9 Å². The minimum absolute atomic E-state index is 0.166. The molecule has 7 nitrogen and oxygen atoms in total. The lowest BCUT2D eigenvalue weighted by atomic mass is 10.1. The van der Waals surface area contributed by atoms with Crippen molar-refractivity contribution < 1.29 is 18.1 Å². The Morgan fingerprint density at radius 1 is 1.13 bits per heavy atom. The molecule has 2 aromatic carbocycles. The van der Waals surface area contributed by atoms with Crippen LogP contribution in [0.1, 0.15) is 41.4 Å². The Kier molecular flexibility index (Phi) is 5.26. The highest BCUT2D eigenvalue weighted by atomic mass is 19.3. The van der Waals surface area contributed by atoms with Crippen LogP contribution in [-0.2, 0) is 0 Å². The van der Waals surface area contributed by atoms with Crippen LogP contribution in [0.5, 0.6) is 0 Å². The summed E-state index contributed by atoms with van der Waals surface area (Å²) in [6, 6.07) is 13.4. The van der Waals surface area contributed by atoms with Gasteiger partial charge in [-0.05, 0) is 43.3 Å². The average Bonchev–Trinajstić information content (AvgIpc) is 3.35. The summed E-state index contributed by atoms with van der Waals surface area (Å²) in [5, 5.41) is 6.52. The molecule has 2 heterocycles. The van der Waals surface area contributed by atoms with Gasteiger partial charge in [0, 0.05) is 23.6 Å². The number of hydrogen-bond donors (Lipinski definition) is 1. The number of para-hydroxylation sites is 2. The topological polar surface area (TPSA) is 85.8 Å². The van der Waals surface area contributed by atoms with E-state index in [1.165, 1.54) is 0 Å². The first kappa shape index (κ1) is 19.7. The normalized spacial score (nSPS) is 12.4. The van der Waals surface area contributed by atoms with E-state index in [4.69, 9.17) is 4.52 Å². The fraction of sp³-hybridized carbons (Fsp3) is 0.238.